The summed E-state index contributed by atoms with van der Waals surface area (Å²) in [4.78, 5) is 17.5. The molecule has 0 radical (unpaired) electrons. The number of alkyl halides is 3. The maximum Gasteiger partial charge on any atom is 0.251 e. The average Bonchev–Trinajstić information content (AvgIpc) is 2.38. The molecule has 0 spiro atoms. The molecule has 1 aromatic rings. The van der Waals surface area contributed by atoms with Gasteiger partial charge < -0.3 is 4.90 Å². The van der Waals surface area contributed by atoms with Crippen molar-refractivity contribution in [2.24, 2.45) is 0 Å². The van der Waals surface area contributed by atoms with Crippen LogP contribution in [-0.2, 0) is 0 Å². The highest BCUT2D eigenvalue weighted by atomic mass is 79.9. The number of piperidine rings is 1. The fourth-order valence-electron chi connectivity index (χ4n) is 1.89. The number of rotatable bonds is 3. The third-order valence-corrected chi connectivity index (χ3v) is 3.47. The van der Waals surface area contributed by atoms with Crippen molar-refractivity contribution in [1.29, 1.82) is 0 Å². The molecule has 0 aliphatic carbocycles. The highest BCUT2D eigenvalue weighted by Gasteiger charge is 2.34. The summed E-state index contributed by atoms with van der Waals surface area (Å²) < 4.78 is 26.1. The number of nitrogens with zero attached hydrogens (tertiary/aromatic N) is 2. The molecule has 0 saturated carbocycles. The molecule has 0 bridgehead atoms. The van der Waals surface area contributed by atoms with E-state index in [1.165, 1.54) is 0 Å². The fourth-order valence-corrected chi connectivity index (χ4v) is 2.17. The van der Waals surface area contributed by atoms with Crippen molar-refractivity contribution in [2.45, 2.75) is 18.8 Å². The van der Waals surface area contributed by atoms with Crippen LogP contribution in [0, 0.1) is 0 Å². The van der Waals surface area contributed by atoms with Crippen LogP contribution in [0.25, 0.3) is 0 Å². The number of anilines is 1. The van der Waals surface area contributed by atoms with Crippen LogP contribution in [0.2, 0.25) is 0 Å². The summed E-state index contributed by atoms with van der Waals surface area (Å²) in [5.41, 5.74) is 0.363. The zero-order valence-corrected chi connectivity index (χ0v) is 11.3. The van der Waals surface area contributed by atoms with E-state index in [1.807, 2.05) is 0 Å². The second kappa shape index (κ2) is 5.30. The predicted molar refractivity (Wildman–Crippen MR) is 68.8 cm³/mol. The van der Waals surface area contributed by atoms with E-state index in [2.05, 4.69) is 20.9 Å². The molecular weight excluding hydrogens is 306 g/mol. The van der Waals surface area contributed by atoms with Gasteiger partial charge in [0.15, 0.2) is 5.78 Å². The maximum atomic E-state index is 13.0. The van der Waals surface area contributed by atoms with E-state index < -0.39 is 5.92 Å². The molecule has 2 heterocycles. The molecular formula is C12H13BrF2N2O. The summed E-state index contributed by atoms with van der Waals surface area (Å²) in [5.74, 6) is -2.09. The largest absolute Gasteiger partial charge is 0.356 e. The van der Waals surface area contributed by atoms with Crippen molar-refractivity contribution >= 4 is 27.5 Å². The van der Waals surface area contributed by atoms with Gasteiger partial charge in [0, 0.05) is 25.9 Å². The number of hydrogen-bond acceptors (Lipinski definition) is 3. The Kier molecular flexibility index (Phi) is 3.94. The Hall–Kier alpha value is -1.04. The van der Waals surface area contributed by atoms with Crippen molar-refractivity contribution in [2.75, 3.05) is 23.3 Å². The summed E-state index contributed by atoms with van der Waals surface area (Å²) in [5, 5.41) is 0.210. The van der Waals surface area contributed by atoms with Gasteiger partial charge in [0.2, 0.25) is 0 Å². The quantitative estimate of drug-likeness (QED) is 0.634. The van der Waals surface area contributed by atoms with Crippen LogP contribution in [0.3, 0.4) is 0 Å². The number of aromatic nitrogens is 1. The second-order valence-electron chi connectivity index (χ2n) is 4.28. The summed E-state index contributed by atoms with van der Waals surface area (Å²) in [6.07, 6.45) is -0.323. The first-order valence-corrected chi connectivity index (χ1v) is 6.83. The molecule has 0 N–H and O–H groups in total. The molecule has 0 amide bonds. The average molecular weight is 319 g/mol. The van der Waals surface area contributed by atoms with Gasteiger partial charge in [0.25, 0.3) is 5.92 Å². The fraction of sp³-hybridized carbons (Fsp3) is 0.500. The topological polar surface area (TPSA) is 33.2 Å². The first-order chi connectivity index (χ1) is 8.52. The minimum Gasteiger partial charge on any atom is -0.356 e. The molecule has 2 rings (SSSR count). The van der Waals surface area contributed by atoms with Crippen molar-refractivity contribution in [3.63, 3.8) is 0 Å². The minimum absolute atomic E-state index is 0.112. The number of carbonyl (C=O) groups excluding carboxylic acids is 1. The van der Waals surface area contributed by atoms with E-state index in [-0.39, 0.29) is 37.0 Å². The van der Waals surface area contributed by atoms with E-state index in [4.69, 9.17) is 0 Å². The van der Waals surface area contributed by atoms with E-state index >= 15 is 0 Å². The van der Waals surface area contributed by atoms with Crippen LogP contribution in [0.15, 0.2) is 18.2 Å². The summed E-state index contributed by atoms with van der Waals surface area (Å²) in [7, 11) is 0. The maximum absolute atomic E-state index is 13.0. The van der Waals surface area contributed by atoms with Crippen molar-refractivity contribution in [3.05, 3.63) is 23.9 Å². The smallest absolute Gasteiger partial charge is 0.251 e. The molecule has 1 aliphatic heterocycles. The number of carbonyl (C=O) groups is 1. The Labute approximate surface area is 112 Å². The molecule has 0 atom stereocenters. The Morgan fingerprint density at radius 3 is 2.67 bits per heavy atom. The van der Waals surface area contributed by atoms with E-state index in [0.29, 0.717) is 11.5 Å². The zero-order valence-electron chi connectivity index (χ0n) is 9.70. The first-order valence-electron chi connectivity index (χ1n) is 5.71. The van der Waals surface area contributed by atoms with Gasteiger partial charge in [-0.15, -0.1) is 0 Å². The third kappa shape index (κ3) is 3.04. The number of halogens is 3. The van der Waals surface area contributed by atoms with Gasteiger partial charge in [-0.25, -0.2) is 13.8 Å². The Morgan fingerprint density at radius 2 is 2.06 bits per heavy atom. The normalized spacial score (nSPS) is 18.7. The summed E-state index contributed by atoms with van der Waals surface area (Å²) >= 11 is 3.08. The SMILES string of the molecule is O=C(CBr)c1cccc(N2CCC(F)(F)CC2)n1. The molecule has 98 valence electrons. The summed E-state index contributed by atoms with van der Waals surface area (Å²) in [6, 6.07) is 5.10. The van der Waals surface area contributed by atoms with Crippen molar-refractivity contribution < 1.29 is 13.6 Å². The van der Waals surface area contributed by atoms with Gasteiger partial charge in [-0.2, -0.15) is 0 Å². The van der Waals surface area contributed by atoms with Gasteiger partial charge in [-0.05, 0) is 12.1 Å². The monoisotopic (exact) mass is 318 g/mol. The highest BCUT2D eigenvalue weighted by molar-refractivity contribution is 9.09. The van der Waals surface area contributed by atoms with Crippen LogP contribution in [-0.4, -0.2) is 35.1 Å². The lowest BCUT2D eigenvalue weighted by Gasteiger charge is -2.32. The Balaban J connectivity index is 2.12. The van der Waals surface area contributed by atoms with E-state index in [9.17, 15) is 13.6 Å². The van der Waals surface area contributed by atoms with Crippen LogP contribution in [0.1, 0.15) is 23.3 Å². The summed E-state index contributed by atoms with van der Waals surface area (Å²) in [6.45, 7) is 0.540. The van der Waals surface area contributed by atoms with Crippen LogP contribution < -0.4 is 4.90 Å². The lowest BCUT2D eigenvalue weighted by atomic mass is 10.1. The molecule has 0 aromatic carbocycles. The molecule has 6 heteroatoms. The minimum atomic E-state index is -2.57. The number of hydrogen-bond donors (Lipinski definition) is 0. The molecule has 18 heavy (non-hydrogen) atoms. The Bertz CT molecular complexity index is 443. The lowest BCUT2D eigenvalue weighted by Crippen LogP contribution is -2.39. The van der Waals surface area contributed by atoms with Crippen LogP contribution in [0.4, 0.5) is 14.6 Å². The molecule has 1 aromatic heterocycles. The number of ketones is 1. The molecule has 3 nitrogen and oxygen atoms in total. The molecule has 1 fully saturated rings. The zero-order chi connectivity index (χ0) is 13.2. The standard InChI is InChI=1S/C12H13BrF2N2O/c13-8-10(18)9-2-1-3-11(16-9)17-6-4-12(14,15)5-7-17/h1-3H,4-8H2. The van der Waals surface area contributed by atoms with Crippen LogP contribution in [0.5, 0.6) is 0 Å². The van der Waals surface area contributed by atoms with Gasteiger partial charge >= 0.3 is 0 Å². The number of Topliss-reactive ketones (excluding diaryl/α,β-unsaturated/α-hetero) is 1. The molecule has 1 aliphatic rings. The van der Waals surface area contributed by atoms with Gasteiger partial charge in [0.05, 0.1) is 5.33 Å². The predicted octanol–water partition coefficient (Wildman–Crippen LogP) is 2.89. The van der Waals surface area contributed by atoms with E-state index in [1.54, 1.807) is 23.1 Å². The van der Waals surface area contributed by atoms with Crippen LogP contribution >= 0.6 is 15.9 Å². The Morgan fingerprint density at radius 1 is 1.39 bits per heavy atom. The molecule has 0 unspecified atom stereocenters. The first kappa shape index (κ1) is 13.4. The van der Waals surface area contributed by atoms with Crippen molar-refractivity contribution in [3.8, 4) is 0 Å². The van der Waals surface area contributed by atoms with Gasteiger partial charge in [0.1, 0.15) is 11.5 Å². The highest BCUT2D eigenvalue weighted by Crippen LogP contribution is 2.29. The number of pyridine rings is 1. The van der Waals surface area contributed by atoms with Crippen molar-refractivity contribution in [1.82, 2.24) is 4.98 Å². The van der Waals surface area contributed by atoms with Gasteiger partial charge in [-0.3, -0.25) is 4.79 Å². The molecule has 1 saturated heterocycles. The van der Waals surface area contributed by atoms with E-state index in [0.717, 1.165) is 0 Å². The van der Waals surface area contributed by atoms with Gasteiger partial charge in [-0.1, -0.05) is 22.0 Å². The lowest BCUT2D eigenvalue weighted by molar-refractivity contribution is -0.0221. The third-order valence-electron chi connectivity index (χ3n) is 2.96. The second-order valence-corrected chi connectivity index (χ2v) is 4.84.